The molecule has 1 amide bonds. The predicted molar refractivity (Wildman–Crippen MR) is 94.2 cm³/mol. The lowest BCUT2D eigenvalue weighted by molar-refractivity contribution is 0.0240. The van der Waals surface area contributed by atoms with E-state index in [1.165, 1.54) is 12.0 Å². The van der Waals surface area contributed by atoms with Gasteiger partial charge in [0.15, 0.2) is 0 Å². The van der Waals surface area contributed by atoms with E-state index in [0.29, 0.717) is 19.1 Å². The standard InChI is InChI=1S/C18H28N4O2/c1-18(2,3)24-17(23)22-12-10-21(11-13-22)16-14(6-4-9-20-16)15-7-5-8-19-15/h4,6,9,15,19H,5,7-8,10-13H2,1-3H3/t15-/m0/s1. The molecule has 0 radical (unpaired) electrons. The zero-order valence-electron chi connectivity index (χ0n) is 14.9. The molecule has 1 aromatic heterocycles. The average molecular weight is 332 g/mol. The van der Waals surface area contributed by atoms with Crippen LogP contribution in [0, 0.1) is 0 Å². The number of amides is 1. The molecule has 1 atom stereocenters. The van der Waals surface area contributed by atoms with E-state index >= 15 is 0 Å². The molecule has 1 N–H and O–H groups in total. The monoisotopic (exact) mass is 332 g/mol. The summed E-state index contributed by atoms with van der Waals surface area (Å²) >= 11 is 0. The fourth-order valence-corrected chi connectivity index (χ4v) is 3.32. The molecule has 2 saturated heterocycles. The Bertz CT molecular complexity index is 571. The second-order valence-electron chi connectivity index (χ2n) is 7.52. The van der Waals surface area contributed by atoms with Crippen molar-refractivity contribution in [2.45, 2.75) is 45.3 Å². The van der Waals surface area contributed by atoms with Gasteiger partial charge in [0.2, 0.25) is 0 Å². The number of hydrogen-bond acceptors (Lipinski definition) is 5. The first-order chi connectivity index (χ1) is 11.4. The van der Waals surface area contributed by atoms with E-state index in [9.17, 15) is 4.79 Å². The fraction of sp³-hybridized carbons (Fsp3) is 0.667. The minimum absolute atomic E-state index is 0.221. The average Bonchev–Trinajstić information content (AvgIpc) is 3.08. The maximum absolute atomic E-state index is 12.2. The van der Waals surface area contributed by atoms with Crippen LogP contribution in [0.15, 0.2) is 18.3 Å². The Hall–Kier alpha value is -1.82. The molecule has 132 valence electrons. The molecular weight excluding hydrogens is 304 g/mol. The van der Waals surface area contributed by atoms with Crippen molar-refractivity contribution >= 4 is 11.9 Å². The van der Waals surface area contributed by atoms with Crippen LogP contribution in [0.25, 0.3) is 0 Å². The van der Waals surface area contributed by atoms with Crippen LogP contribution in [0.4, 0.5) is 10.6 Å². The third kappa shape index (κ3) is 3.98. The summed E-state index contributed by atoms with van der Waals surface area (Å²) < 4.78 is 5.47. The van der Waals surface area contributed by atoms with Gasteiger partial charge in [-0.2, -0.15) is 0 Å². The minimum atomic E-state index is -0.448. The second kappa shape index (κ2) is 6.97. The predicted octanol–water partition coefficient (Wildman–Crippen LogP) is 2.56. The maximum Gasteiger partial charge on any atom is 0.410 e. The Morgan fingerprint density at radius 1 is 1.29 bits per heavy atom. The smallest absolute Gasteiger partial charge is 0.410 e. The molecule has 0 bridgehead atoms. The van der Waals surface area contributed by atoms with Crippen LogP contribution in [-0.4, -0.2) is 54.3 Å². The number of ether oxygens (including phenoxy) is 1. The van der Waals surface area contributed by atoms with Gasteiger partial charge in [0.25, 0.3) is 0 Å². The van der Waals surface area contributed by atoms with Gasteiger partial charge >= 0.3 is 6.09 Å². The quantitative estimate of drug-likeness (QED) is 0.902. The van der Waals surface area contributed by atoms with Gasteiger partial charge in [-0.1, -0.05) is 6.07 Å². The van der Waals surface area contributed by atoms with Crippen LogP contribution in [0.5, 0.6) is 0 Å². The van der Waals surface area contributed by atoms with Crippen molar-refractivity contribution in [3.05, 3.63) is 23.9 Å². The number of nitrogens with one attached hydrogen (secondary N) is 1. The van der Waals surface area contributed by atoms with Crippen molar-refractivity contribution in [2.24, 2.45) is 0 Å². The Kier molecular flexibility index (Phi) is 4.94. The van der Waals surface area contributed by atoms with E-state index in [2.05, 4.69) is 21.3 Å². The normalized spacial score (nSPS) is 21.9. The van der Waals surface area contributed by atoms with Crippen molar-refractivity contribution in [1.29, 1.82) is 0 Å². The highest BCUT2D eigenvalue weighted by Gasteiger charge is 2.28. The fourth-order valence-electron chi connectivity index (χ4n) is 3.32. The van der Waals surface area contributed by atoms with Gasteiger partial charge in [-0.3, -0.25) is 0 Å². The van der Waals surface area contributed by atoms with Crippen LogP contribution in [0.2, 0.25) is 0 Å². The van der Waals surface area contributed by atoms with Crippen molar-refractivity contribution in [1.82, 2.24) is 15.2 Å². The van der Waals surface area contributed by atoms with E-state index in [-0.39, 0.29) is 6.09 Å². The molecule has 0 saturated carbocycles. The Balaban J connectivity index is 1.64. The molecule has 2 fully saturated rings. The van der Waals surface area contributed by atoms with Gasteiger partial charge in [0.05, 0.1) is 0 Å². The van der Waals surface area contributed by atoms with E-state index in [1.807, 2.05) is 33.0 Å². The molecule has 3 heterocycles. The molecule has 2 aliphatic rings. The molecule has 24 heavy (non-hydrogen) atoms. The summed E-state index contributed by atoms with van der Waals surface area (Å²) in [5, 5.41) is 3.55. The number of piperazine rings is 1. The van der Waals surface area contributed by atoms with E-state index in [4.69, 9.17) is 4.74 Å². The lowest BCUT2D eigenvalue weighted by Gasteiger charge is -2.37. The van der Waals surface area contributed by atoms with Gasteiger partial charge in [-0.05, 0) is 46.2 Å². The summed E-state index contributed by atoms with van der Waals surface area (Å²) in [6, 6.07) is 4.58. The van der Waals surface area contributed by atoms with Crippen molar-refractivity contribution < 1.29 is 9.53 Å². The van der Waals surface area contributed by atoms with Gasteiger partial charge < -0.3 is 19.9 Å². The minimum Gasteiger partial charge on any atom is -0.444 e. The van der Waals surface area contributed by atoms with E-state index in [0.717, 1.165) is 31.9 Å². The topological polar surface area (TPSA) is 57.7 Å². The third-order valence-corrected chi connectivity index (χ3v) is 4.48. The van der Waals surface area contributed by atoms with Gasteiger partial charge in [0.1, 0.15) is 11.4 Å². The molecule has 6 heteroatoms. The van der Waals surface area contributed by atoms with Crippen LogP contribution >= 0.6 is 0 Å². The van der Waals surface area contributed by atoms with Gasteiger partial charge in [-0.15, -0.1) is 0 Å². The lowest BCUT2D eigenvalue weighted by Crippen LogP contribution is -2.50. The Labute approximate surface area is 144 Å². The number of hydrogen-bond donors (Lipinski definition) is 1. The Morgan fingerprint density at radius 2 is 2.04 bits per heavy atom. The van der Waals surface area contributed by atoms with E-state index in [1.54, 1.807) is 4.90 Å². The van der Waals surface area contributed by atoms with Crippen LogP contribution in [0.3, 0.4) is 0 Å². The molecule has 0 aromatic carbocycles. The highest BCUT2D eigenvalue weighted by atomic mass is 16.6. The van der Waals surface area contributed by atoms with Crippen LogP contribution < -0.4 is 10.2 Å². The molecule has 2 aliphatic heterocycles. The molecule has 1 aromatic rings. The summed E-state index contributed by atoms with van der Waals surface area (Å²) in [5.41, 5.74) is 0.831. The molecule has 0 spiro atoms. The van der Waals surface area contributed by atoms with Crippen LogP contribution in [0.1, 0.15) is 45.2 Å². The summed E-state index contributed by atoms with van der Waals surface area (Å²) in [6.07, 6.45) is 4.01. The Morgan fingerprint density at radius 3 is 2.67 bits per heavy atom. The van der Waals surface area contributed by atoms with Crippen LogP contribution in [-0.2, 0) is 4.74 Å². The second-order valence-corrected chi connectivity index (χ2v) is 7.52. The van der Waals surface area contributed by atoms with E-state index < -0.39 is 5.60 Å². The zero-order chi connectivity index (χ0) is 17.2. The van der Waals surface area contributed by atoms with Gasteiger partial charge in [0, 0.05) is 44.0 Å². The first-order valence-corrected chi connectivity index (χ1v) is 8.85. The van der Waals surface area contributed by atoms with Gasteiger partial charge in [-0.25, -0.2) is 9.78 Å². The lowest BCUT2D eigenvalue weighted by atomic mass is 10.1. The number of nitrogens with zero attached hydrogens (tertiary/aromatic N) is 3. The SMILES string of the molecule is CC(C)(C)OC(=O)N1CCN(c2ncccc2[C@@H]2CCCN2)CC1. The molecule has 6 nitrogen and oxygen atoms in total. The summed E-state index contributed by atoms with van der Waals surface area (Å²) in [6.45, 7) is 9.69. The maximum atomic E-state index is 12.2. The van der Waals surface area contributed by atoms with Crippen molar-refractivity contribution in [3.8, 4) is 0 Å². The first-order valence-electron chi connectivity index (χ1n) is 8.85. The summed E-state index contributed by atoms with van der Waals surface area (Å²) in [4.78, 5) is 20.9. The van der Waals surface area contributed by atoms with Crippen molar-refractivity contribution in [3.63, 3.8) is 0 Å². The number of anilines is 1. The van der Waals surface area contributed by atoms with Crippen molar-refractivity contribution in [2.75, 3.05) is 37.6 Å². The number of pyridine rings is 1. The molecule has 0 unspecified atom stereocenters. The zero-order valence-corrected chi connectivity index (χ0v) is 14.9. The first kappa shape index (κ1) is 17.0. The highest BCUT2D eigenvalue weighted by molar-refractivity contribution is 5.68. The molecule has 3 rings (SSSR count). The largest absolute Gasteiger partial charge is 0.444 e. The number of carbonyl (C=O) groups excluding carboxylic acids is 1. The highest BCUT2D eigenvalue weighted by Crippen LogP contribution is 2.30. The molecule has 0 aliphatic carbocycles. The number of carbonyl (C=O) groups is 1. The summed E-state index contributed by atoms with van der Waals surface area (Å²) in [7, 11) is 0. The summed E-state index contributed by atoms with van der Waals surface area (Å²) in [5.74, 6) is 1.06. The number of rotatable bonds is 2. The third-order valence-electron chi connectivity index (χ3n) is 4.48. The number of aromatic nitrogens is 1. The molecular formula is C18H28N4O2.